The number of rotatable bonds is 2. The molecule has 3 heterocycles. The largest absolute Gasteiger partial charge is 0.356 e. The zero-order valence-corrected chi connectivity index (χ0v) is 21.3. The third-order valence-corrected chi connectivity index (χ3v) is 7.23. The molecule has 2 aromatic heterocycles. The van der Waals surface area contributed by atoms with Crippen molar-refractivity contribution in [2.24, 2.45) is 0 Å². The van der Waals surface area contributed by atoms with E-state index < -0.39 is 8.07 Å². The van der Waals surface area contributed by atoms with Gasteiger partial charge in [0.15, 0.2) is 6.23 Å². The zero-order chi connectivity index (χ0) is 23.2. The van der Waals surface area contributed by atoms with Crippen LogP contribution in [0, 0.1) is 18.4 Å². The predicted octanol–water partition coefficient (Wildman–Crippen LogP) is 7.14. The average molecular weight is 474 g/mol. The number of hydrogen-bond acceptors (Lipinski definition) is 3. The standard InChI is InChI=1S/C27H28ClN3OSi/c1-18-12-13-23-21(17-29-31(23)24-11-7-8-15-32-24)25(18)26-19-9-5-6-10-22(19)30-27(28)20(26)14-16-33(2,3)4/h5-6,9-10,12-13,17,24H,7-8,11,15H2,1-4H3. The van der Waals surface area contributed by atoms with Gasteiger partial charge in [0.1, 0.15) is 13.2 Å². The topological polar surface area (TPSA) is 39.9 Å². The number of ether oxygens (including phenoxy) is 1. The van der Waals surface area contributed by atoms with Crippen LogP contribution >= 0.6 is 11.6 Å². The Morgan fingerprint density at radius 1 is 1.06 bits per heavy atom. The second-order valence-electron chi connectivity index (χ2n) is 9.77. The summed E-state index contributed by atoms with van der Waals surface area (Å²) in [4.78, 5) is 4.69. The number of fused-ring (bicyclic) bond motifs is 2. The van der Waals surface area contributed by atoms with Crippen LogP contribution in [0.4, 0.5) is 0 Å². The SMILES string of the molecule is Cc1ccc2c(cnn2C2CCCCO2)c1-c1c(C#C[Si](C)(C)C)c(Cl)nc2ccccc12. The van der Waals surface area contributed by atoms with E-state index in [4.69, 9.17) is 21.4 Å². The van der Waals surface area contributed by atoms with Crippen LogP contribution in [-0.2, 0) is 4.74 Å². The summed E-state index contributed by atoms with van der Waals surface area (Å²) in [5.74, 6) is 3.44. The monoisotopic (exact) mass is 473 g/mol. The molecular formula is C27H28ClN3OSi. The van der Waals surface area contributed by atoms with Crippen LogP contribution in [0.15, 0.2) is 42.6 Å². The van der Waals surface area contributed by atoms with Crippen LogP contribution in [0.5, 0.6) is 0 Å². The zero-order valence-electron chi connectivity index (χ0n) is 19.6. The maximum absolute atomic E-state index is 6.78. The van der Waals surface area contributed by atoms with E-state index in [1.807, 2.05) is 29.1 Å². The van der Waals surface area contributed by atoms with E-state index in [2.05, 4.69) is 61.2 Å². The van der Waals surface area contributed by atoms with Crippen molar-refractivity contribution in [1.82, 2.24) is 14.8 Å². The van der Waals surface area contributed by atoms with Gasteiger partial charge in [0.2, 0.25) is 0 Å². The third-order valence-electron chi connectivity index (χ3n) is 6.08. The molecule has 0 N–H and O–H groups in total. The summed E-state index contributed by atoms with van der Waals surface area (Å²) in [5, 5.41) is 7.38. The molecule has 5 rings (SSSR count). The highest BCUT2D eigenvalue weighted by Crippen LogP contribution is 2.41. The molecule has 33 heavy (non-hydrogen) atoms. The lowest BCUT2D eigenvalue weighted by Gasteiger charge is -2.23. The summed E-state index contributed by atoms with van der Waals surface area (Å²) < 4.78 is 8.08. The fourth-order valence-corrected chi connectivity index (χ4v) is 5.25. The highest BCUT2D eigenvalue weighted by atomic mass is 35.5. The van der Waals surface area contributed by atoms with Gasteiger partial charge in [0.25, 0.3) is 0 Å². The normalized spacial score (nSPS) is 16.7. The highest BCUT2D eigenvalue weighted by molar-refractivity contribution is 6.83. The molecule has 1 fully saturated rings. The average Bonchev–Trinajstić information content (AvgIpc) is 3.22. The van der Waals surface area contributed by atoms with Crippen LogP contribution in [-0.4, -0.2) is 29.4 Å². The molecule has 0 spiro atoms. The Hall–Kier alpha value is -2.65. The van der Waals surface area contributed by atoms with Crippen LogP contribution in [0.1, 0.15) is 36.6 Å². The van der Waals surface area contributed by atoms with Crippen LogP contribution < -0.4 is 0 Å². The van der Waals surface area contributed by atoms with Crippen molar-refractivity contribution >= 4 is 41.5 Å². The Morgan fingerprint density at radius 2 is 1.88 bits per heavy atom. The first-order valence-electron chi connectivity index (χ1n) is 11.5. The van der Waals surface area contributed by atoms with Crippen molar-refractivity contribution in [3.8, 4) is 22.6 Å². The van der Waals surface area contributed by atoms with Gasteiger partial charge in [-0.3, -0.25) is 0 Å². The van der Waals surface area contributed by atoms with Gasteiger partial charge in [-0.15, -0.1) is 5.54 Å². The molecule has 0 amide bonds. The first-order chi connectivity index (χ1) is 15.8. The number of hydrogen-bond donors (Lipinski definition) is 0. The van der Waals surface area contributed by atoms with Gasteiger partial charge in [0.05, 0.1) is 22.8 Å². The lowest BCUT2D eigenvalue weighted by atomic mass is 9.91. The quantitative estimate of drug-likeness (QED) is 0.176. The van der Waals surface area contributed by atoms with E-state index in [9.17, 15) is 0 Å². The molecule has 4 aromatic rings. The van der Waals surface area contributed by atoms with E-state index in [-0.39, 0.29) is 6.23 Å². The van der Waals surface area contributed by atoms with Gasteiger partial charge < -0.3 is 4.74 Å². The van der Waals surface area contributed by atoms with Crippen molar-refractivity contribution in [1.29, 1.82) is 0 Å². The molecule has 0 bridgehead atoms. The Morgan fingerprint density at radius 3 is 2.64 bits per heavy atom. The molecule has 2 aromatic carbocycles. The second-order valence-corrected chi connectivity index (χ2v) is 14.9. The Kier molecular flexibility index (Phi) is 5.78. The Bertz CT molecular complexity index is 1420. The first-order valence-corrected chi connectivity index (χ1v) is 15.4. The maximum Gasteiger partial charge on any atom is 0.150 e. The fourth-order valence-electron chi connectivity index (χ4n) is 4.51. The first kappa shape index (κ1) is 22.2. The molecule has 0 saturated carbocycles. The molecular weight excluding hydrogens is 446 g/mol. The molecule has 1 aliphatic heterocycles. The van der Waals surface area contributed by atoms with Crippen molar-refractivity contribution in [3.63, 3.8) is 0 Å². The number of aryl methyl sites for hydroxylation is 1. The predicted molar refractivity (Wildman–Crippen MR) is 139 cm³/mol. The summed E-state index contributed by atoms with van der Waals surface area (Å²) in [6, 6.07) is 12.5. The van der Waals surface area contributed by atoms with Crippen LogP contribution in [0.25, 0.3) is 32.9 Å². The molecule has 1 aliphatic rings. The summed E-state index contributed by atoms with van der Waals surface area (Å²) in [5.41, 5.74) is 9.57. The summed E-state index contributed by atoms with van der Waals surface area (Å²) in [7, 11) is -1.62. The van der Waals surface area contributed by atoms with E-state index in [0.717, 1.165) is 69.9 Å². The van der Waals surface area contributed by atoms with E-state index >= 15 is 0 Å². The molecule has 0 aliphatic carbocycles. The van der Waals surface area contributed by atoms with Crippen LogP contribution in [0.2, 0.25) is 24.8 Å². The number of pyridine rings is 1. The Balaban J connectivity index is 1.83. The fraction of sp³-hybridized carbons (Fsp3) is 0.333. The number of aromatic nitrogens is 3. The van der Waals surface area contributed by atoms with Crippen molar-refractivity contribution in [3.05, 3.63) is 58.9 Å². The van der Waals surface area contributed by atoms with Crippen molar-refractivity contribution < 1.29 is 4.74 Å². The molecule has 1 atom stereocenters. The summed E-state index contributed by atoms with van der Waals surface area (Å²) in [6.07, 6.45) is 5.20. The minimum absolute atomic E-state index is 0.0178. The van der Waals surface area contributed by atoms with Gasteiger partial charge >= 0.3 is 0 Å². The van der Waals surface area contributed by atoms with Gasteiger partial charge in [0, 0.05) is 22.9 Å². The van der Waals surface area contributed by atoms with Crippen molar-refractivity contribution in [2.75, 3.05) is 6.61 Å². The smallest absolute Gasteiger partial charge is 0.150 e. The minimum atomic E-state index is -1.62. The molecule has 168 valence electrons. The second kappa shape index (κ2) is 8.61. The molecule has 6 heteroatoms. The molecule has 0 radical (unpaired) electrons. The van der Waals surface area contributed by atoms with E-state index in [1.54, 1.807) is 0 Å². The minimum Gasteiger partial charge on any atom is -0.356 e. The molecule has 1 unspecified atom stereocenters. The lowest BCUT2D eigenvalue weighted by molar-refractivity contribution is -0.0366. The van der Waals surface area contributed by atoms with E-state index in [1.165, 1.54) is 0 Å². The summed E-state index contributed by atoms with van der Waals surface area (Å²) >= 11 is 6.78. The summed E-state index contributed by atoms with van der Waals surface area (Å²) in [6.45, 7) is 9.64. The van der Waals surface area contributed by atoms with E-state index in [0.29, 0.717) is 5.15 Å². The number of para-hydroxylation sites is 1. The lowest BCUT2D eigenvalue weighted by Crippen LogP contribution is -2.18. The van der Waals surface area contributed by atoms with Gasteiger partial charge in [-0.05, 0) is 49.4 Å². The highest BCUT2D eigenvalue weighted by Gasteiger charge is 2.23. The van der Waals surface area contributed by atoms with Gasteiger partial charge in [-0.1, -0.05) is 61.4 Å². The maximum atomic E-state index is 6.78. The van der Waals surface area contributed by atoms with Gasteiger partial charge in [-0.2, -0.15) is 5.10 Å². The molecule has 4 nitrogen and oxygen atoms in total. The third kappa shape index (κ3) is 4.19. The molecule has 1 saturated heterocycles. The van der Waals surface area contributed by atoms with Crippen LogP contribution in [0.3, 0.4) is 0 Å². The Labute approximate surface area is 200 Å². The number of benzene rings is 2. The number of nitrogens with zero attached hydrogens (tertiary/aromatic N) is 3. The van der Waals surface area contributed by atoms with Crippen molar-refractivity contribution in [2.45, 2.75) is 52.1 Å². The van der Waals surface area contributed by atoms with Gasteiger partial charge in [-0.25, -0.2) is 9.67 Å². The number of halogens is 1.